The number of carbonyl (C=O) groups is 1. The van der Waals surface area contributed by atoms with Crippen LogP contribution in [0.15, 0.2) is 106 Å². The molecule has 4 nitrogen and oxygen atoms in total. The molecule has 1 aliphatic carbocycles. The zero-order valence-corrected chi connectivity index (χ0v) is 27.8. The maximum Gasteiger partial charge on any atom is 0.337 e. The van der Waals surface area contributed by atoms with E-state index in [2.05, 4.69) is 95.3 Å². The zero-order valence-electron chi connectivity index (χ0n) is 27.8. The van der Waals surface area contributed by atoms with Crippen LogP contribution in [0.1, 0.15) is 97.1 Å². The zero-order chi connectivity index (χ0) is 31.8. The molecule has 0 radical (unpaired) electrons. The first kappa shape index (κ1) is 35.3. The highest BCUT2D eigenvalue weighted by molar-refractivity contribution is 6.00. The van der Waals surface area contributed by atoms with E-state index >= 15 is 0 Å². The lowest BCUT2D eigenvalue weighted by atomic mass is 9.91. The number of hydrogen-bond donors (Lipinski definition) is 0. The minimum Gasteiger partial charge on any atom is -0.496 e. The second-order valence-electron chi connectivity index (χ2n) is 10.6. The molecule has 2 aromatic rings. The average molecular weight is 584 g/mol. The number of aliphatic imine (C=N–C) groups is 1. The van der Waals surface area contributed by atoms with E-state index in [-0.39, 0.29) is 7.40 Å². The number of nitrogens with zero attached hydrogens (tertiary/aromatic N) is 1. The van der Waals surface area contributed by atoms with Gasteiger partial charge < -0.3 is 9.47 Å². The second kappa shape index (κ2) is 18.6. The quantitative estimate of drug-likeness (QED) is 0.290. The number of ether oxygens (including phenoxy) is 2. The third kappa shape index (κ3) is 10.4. The predicted octanol–water partition coefficient (Wildman–Crippen LogP) is 11.0. The molecule has 0 aromatic heterocycles. The first-order chi connectivity index (χ1) is 20.8. The Morgan fingerprint density at radius 1 is 1.05 bits per heavy atom. The molecular formula is C39H53NO3. The maximum atomic E-state index is 11.9. The Balaban J connectivity index is 0.000000685. The van der Waals surface area contributed by atoms with E-state index in [1.54, 1.807) is 19.2 Å². The molecule has 0 amide bonds. The Morgan fingerprint density at radius 2 is 1.77 bits per heavy atom. The first-order valence-electron chi connectivity index (χ1n) is 15.6. The normalized spacial score (nSPS) is 16.1. The second-order valence-corrected chi connectivity index (χ2v) is 10.6. The SMILES string of the molecule is CC.CCCc1ccccc1.COC(=O)c1ccc2c(c1)N=C(/C=C/CCC1=C(C)C(C)C=C(C)C(OC)=C1C)CC=C2.[HH]. The van der Waals surface area contributed by atoms with Crippen molar-refractivity contribution in [1.82, 2.24) is 0 Å². The standard InChI is InChI=1S/C28H33NO3.C9H12.C2H6.H2/c1-18-16-19(2)27(31-5)21(4)25(20(18)3)13-8-7-11-24-12-9-10-22-14-15-23(28(30)32-6)17-26(22)29-24;1-2-6-9-7-4-3-5-8-9;1-2;/h7,9-11,14-18H,8,12-13H2,1-6H3;3-5,7-8H,2,6H2,1H3;1-2H3;1H/b11-7+;;;. The molecule has 2 aliphatic rings. The van der Waals surface area contributed by atoms with Crippen molar-refractivity contribution >= 4 is 23.4 Å². The molecule has 232 valence electrons. The highest BCUT2D eigenvalue weighted by Gasteiger charge is 2.19. The summed E-state index contributed by atoms with van der Waals surface area (Å²) in [4.78, 5) is 16.7. The molecule has 0 fully saturated rings. The van der Waals surface area contributed by atoms with Gasteiger partial charge in [0.25, 0.3) is 0 Å². The van der Waals surface area contributed by atoms with Crippen LogP contribution in [0.5, 0.6) is 0 Å². The van der Waals surface area contributed by atoms with Crippen molar-refractivity contribution in [3.8, 4) is 0 Å². The van der Waals surface area contributed by atoms with Crippen LogP contribution in [-0.2, 0) is 15.9 Å². The number of hydrogen-bond acceptors (Lipinski definition) is 4. The van der Waals surface area contributed by atoms with Crippen molar-refractivity contribution in [2.24, 2.45) is 10.9 Å². The van der Waals surface area contributed by atoms with Gasteiger partial charge in [-0.25, -0.2) is 4.79 Å². The summed E-state index contributed by atoms with van der Waals surface area (Å²) in [7, 11) is 3.14. The van der Waals surface area contributed by atoms with Crippen molar-refractivity contribution in [1.29, 1.82) is 0 Å². The number of methoxy groups -OCH3 is 2. The lowest BCUT2D eigenvalue weighted by Gasteiger charge is -2.15. The molecule has 43 heavy (non-hydrogen) atoms. The Labute approximate surface area is 262 Å². The molecule has 1 aliphatic heterocycles. The fourth-order valence-electron chi connectivity index (χ4n) is 5.30. The van der Waals surface area contributed by atoms with E-state index in [0.717, 1.165) is 42.0 Å². The number of benzene rings is 2. The summed E-state index contributed by atoms with van der Waals surface area (Å²) in [6, 6.07) is 16.1. The van der Waals surface area contributed by atoms with Crippen molar-refractivity contribution in [3.63, 3.8) is 0 Å². The molecule has 4 rings (SSSR count). The van der Waals surface area contributed by atoms with E-state index in [0.29, 0.717) is 11.5 Å². The number of fused-ring (bicyclic) bond motifs is 1. The van der Waals surface area contributed by atoms with Crippen LogP contribution in [0.25, 0.3) is 6.08 Å². The van der Waals surface area contributed by atoms with Crippen molar-refractivity contribution in [3.05, 3.63) is 118 Å². The average Bonchev–Trinajstić information content (AvgIpc) is 3.27. The topological polar surface area (TPSA) is 47.9 Å². The monoisotopic (exact) mass is 583 g/mol. The van der Waals surface area contributed by atoms with Crippen LogP contribution in [0.3, 0.4) is 0 Å². The van der Waals surface area contributed by atoms with E-state index in [1.807, 2.05) is 19.9 Å². The summed E-state index contributed by atoms with van der Waals surface area (Å²) >= 11 is 0. The van der Waals surface area contributed by atoms with Gasteiger partial charge in [0.1, 0.15) is 5.76 Å². The van der Waals surface area contributed by atoms with E-state index in [1.165, 1.54) is 47.8 Å². The maximum absolute atomic E-state index is 11.9. The molecule has 0 saturated heterocycles. The van der Waals surface area contributed by atoms with E-state index in [9.17, 15) is 4.79 Å². The molecule has 4 heteroatoms. The molecule has 0 spiro atoms. The van der Waals surface area contributed by atoms with Gasteiger partial charge in [-0.05, 0) is 92.0 Å². The molecule has 2 aromatic carbocycles. The highest BCUT2D eigenvalue weighted by atomic mass is 16.5. The van der Waals surface area contributed by atoms with Gasteiger partial charge >= 0.3 is 5.97 Å². The Bertz CT molecular complexity index is 1390. The predicted molar refractivity (Wildman–Crippen MR) is 186 cm³/mol. The number of esters is 1. The van der Waals surface area contributed by atoms with Gasteiger partial charge in [-0.3, -0.25) is 4.99 Å². The minimum atomic E-state index is -0.349. The van der Waals surface area contributed by atoms with Crippen LogP contribution >= 0.6 is 0 Å². The first-order valence-corrected chi connectivity index (χ1v) is 15.6. The Kier molecular flexibility index (Phi) is 15.2. The molecule has 1 unspecified atom stereocenters. The molecule has 0 N–H and O–H groups in total. The van der Waals surface area contributed by atoms with E-state index < -0.39 is 0 Å². The van der Waals surface area contributed by atoms with Gasteiger partial charge in [-0.15, -0.1) is 0 Å². The van der Waals surface area contributed by atoms with Crippen LogP contribution in [0.2, 0.25) is 0 Å². The summed E-state index contributed by atoms with van der Waals surface area (Å²) in [5.41, 5.74) is 9.95. The highest BCUT2D eigenvalue weighted by Crippen LogP contribution is 2.34. The third-order valence-corrected chi connectivity index (χ3v) is 7.61. The van der Waals surface area contributed by atoms with Gasteiger partial charge in [0.05, 0.1) is 25.5 Å². The fourth-order valence-corrected chi connectivity index (χ4v) is 5.30. The summed E-state index contributed by atoms with van der Waals surface area (Å²) in [6.07, 6.45) is 15.8. The summed E-state index contributed by atoms with van der Waals surface area (Å²) in [6.45, 7) is 15.0. The van der Waals surface area contributed by atoms with Crippen LogP contribution in [-0.4, -0.2) is 25.9 Å². The van der Waals surface area contributed by atoms with Gasteiger partial charge in [0.15, 0.2) is 0 Å². The number of carbonyl (C=O) groups excluding carboxylic acids is 1. The van der Waals surface area contributed by atoms with Gasteiger partial charge in [-0.2, -0.15) is 0 Å². The third-order valence-electron chi connectivity index (χ3n) is 7.61. The largest absolute Gasteiger partial charge is 0.496 e. The lowest BCUT2D eigenvalue weighted by molar-refractivity contribution is 0.0600. The van der Waals surface area contributed by atoms with Crippen LogP contribution in [0, 0.1) is 5.92 Å². The summed E-state index contributed by atoms with van der Waals surface area (Å²) < 4.78 is 10.5. The Hall–Kier alpha value is -3.92. The summed E-state index contributed by atoms with van der Waals surface area (Å²) in [5.74, 6) is 1.04. The van der Waals surface area contributed by atoms with Gasteiger partial charge in [0, 0.05) is 13.6 Å². The lowest BCUT2D eigenvalue weighted by Crippen LogP contribution is -2.00. The fraction of sp³-hybridized carbons (Fsp3) is 0.385. The number of rotatable bonds is 8. The van der Waals surface area contributed by atoms with Crippen molar-refractivity contribution in [2.45, 2.75) is 80.6 Å². The molecule has 1 atom stereocenters. The minimum absolute atomic E-state index is 0. The molecule has 1 heterocycles. The van der Waals surface area contributed by atoms with Crippen molar-refractivity contribution < 1.29 is 15.7 Å². The Morgan fingerprint density at radius 3 is 2.42 bits per heavy atom. The number of aryl methyl sites for hydroxylation is 1. The van der Waals surface area contributed by atoms with Gasteiger partial charge in [-0.1, -0.05) is 100 Å². The van der Waals surface area contributed by atoms with Crippen molar-refractivity contribution in [2.75, 3.05) is 14.2 Å². The number of allylic oxidation sites excluding steroid dienone is 8. The van der Waals surface area contributed by atoms with Gasteiger partial charge in [0.2, 0.25) is 0 Å². The molecule has 0 bridgehead atoms. The van der Waals surface area contributed by atoms with Crippen LogP contribution in [0.4, 0.5) is 5.69 Å². The smallest absolute Gasteiger partial charge is 0.337 e. The van der Waals surface area contributed by atoms with E-state index in [4.69, 9.17) is 14.5 Å². The molecular weight excluding hydrogens is 530 g/mol. The summed E-state index contributed by atoms with van der Waals surface area (Å²) in [5, 5.41) is 0. The molecule has 0 saturated carbocycles. The van der Waals surface area contributed by atoms with Crippen LogP contribution < -0.4 is 0 Å².